The minimum Gasteiger partial charge on any atom is -0.368 e. The molecule has 4 nitrogen and oxygen atoms in total. The van der Waals surface area contributed by atoms with Crippen LogP contribution >= 0.6 is 0 Å². The number of primary amides is 1. The van der Waals surface area contributed by atoms with Crippen LogP contribution in [-0.2, 0) is 11.2 Å². The predicted octanol–water partition coefficient (Wildman–Crippen LogP) is 1.10. The minimum atomic E-state index is -0.628. The number of nitrogens with two attached hydrogens (primary N) is 2. The van der Waals surface area contributed by atoms with E-state index >= 15 is 0 Å². The smallest absolute Gasteiger partial charge is 0.234 e. The summed E-state index contributed by atoms with van der Waals surface area (Å²) < 4.78 is 0. The second-order valence-electron chi connectivity index (χ2n) is 4.15. The molecule has 1 heterocycles. The molecule has 92 valence electrons. The molecule has 0 radical (unpaired) electrons. The summed E-state index contributed by atoms with van der Waals surface area (Å²) in [6, 6.07) is 11.2. The normalized spacial score (nSPS) is 12.1. The first-order valence-corrected chi connectivity index (χ1v) is 5.71. The Morgan fingerprint density at radius 2 is 1.61 bits per heavy atom. The zero-order chi connectivity index (χ0) is 13.0. The van der Waals surface area contributed by atoms with Crippen LogP contribution in [0.5, 0.6) is 0 Å². The van der Waals surface area contributed by atoms with Crippen molar-refractivity contribution in [2.75, 3.05) is 0 Å². The van der Waals surface area contributed by atoms with Crippen LogP contribution < -0.4 is 11.5 Å². The molecule has 2 rings (SSSR count). The van der Waals surface area contributed by atoms with E-state index in [9.17, 15) is 4.79 Å². The summed E-state index contributed by atoms with van der Waals surface area (Å²) >= 11 is 0. The van der Waals surface area contributed by atoms with Crippen LogP contribution in [0, 0.1) is 0 Å². The van der Waals surface area contributed by atoms with Gasteiger partial charge in [-0.1, -0.05) is 24.3 Å². The van der Waals surface area contributed by atoms with Crippen LogP contribution in [0.2, 0.25) is 0 Å². The van der Waals surface area contributed by atoms with E-state index in [4.69, 9.17) is 11.5 Å². The van der Waals surface area contributed by atoms with Crippen molar-refractivity contribution in [3.05, 3.63) is 54.4 Å². The largest absolute Gasteiger partial charge is 0.368 e. The maximum atomic E-state index is 10.9. The molecule has 1 unspecified atom stereocenters. The second-order valence-corrected chi connectivity index (χ2v) is 4.15. The molecular weight excluding hydrogens is 226 g/mol. The molecule has 0 fully saturated rings. The summed E-state index contributed by atoms with van der Waals surface area (Å²) in [4.78, 5) is 14.9. The minimum absolute atomic E-state index is 0.464. The van der Waals surface area contributed by atoms with Crippen molar-refractivity contribution in [1.82, 2.24) is 4.98 Å². The molecule has 0 saturated carbocycles. The van der Waals surface area contributed by atoms with Gasteiger partial charge in [0.25, 0.3) is 0 Å². The Hall–Kier alpha value is -2.20. The van der Waals surface area contributed by atoms with E-state index in [0.29, 0.717) is 6.42 Å². The standard InChI is InChI=1S/C14H15N3O/c15-13(14(16)18)9-10-1-3-11(4-2-10)12-5-7-17-8-6-12/h1-8,13H,9,15H2,(H2,16,18). The van der Waals surface area contributed by atoms with Gasteiger partial charge in [-0.2, -0.15) is 0 Å². The van der Waals surface area contributed by atoms with Gasteiger partial charge in [-0.05, 0) is 35.2 Å². The molecule has 2 aromatic rings. The molecule has 0 aliphatic carbocycles. The fraction of sp³-hybridized carbons (Fsp3) is 0.143. The summed E-state index contributed by atoms with van der Waals surface area (Å²) in [5, 5.41) is 0. The van der Waals surface area contributed by atoms with Gasteiger partial charge in [0.1, 0.15) is 0 Å². The number of benzene rings is 1. The van der Waals surface area contributed by atoms with Crippen molar-refractivity contribution >= 4 is 5.91 Å². The summed E-state index contributed by atoms with van der Waals surface area (Å²) in [5.74, 6) is -0.479. The molecule has 18 heavy (non-hydrogen) atoms. The van der Waals surface area contributed by atoms with Crippen molar-refractivity contribution in [3.8, 4) is 11.1 Å². The first kappa shape index (κ1) is 12.3. The van der Waals surface area contributed by atoms with Crippen LogP contribution in [0.1, 0.15) is 5.56 Å². The molecule has 4 N–H and O–H groups in total. The molecule has 0 bridgehead atoms. The highest BCUT2D eigenvalue weighted by atomic mass is 16.1. The first-order chi connectivity index (χ1) is 8.66. The van der Waals surface area contributed by atoms with Crippen molar-refractivity contribution in [2.45, 2.75) is 12.5 Å². The summed E-state index contributed by atoms with van der Waals surface area (Å²) in [5.41, 5.74) is 14.0. The average molecular weight is 241 g/mol. The molecule has 1 aromatic carbocycles. The fourth-order valence-corrected chi connectivity index (χ4v) is 1.73. The Bertz CT molecular complexity index is 522. The lowest BCUT2D eigenvalue weighted by atomic mass is 10.0. The van der Waals surface area contributed by atoms with Gasteiger partial charge in [-0.15, -0.1) is 0 Å². The second kappa shape index (κ2) is 5.42. The van der Waals surface area contributed by atoms with Gasteiger partial charge in [-0.3, -0.25) is 9.78 Å². The van der Waals surface area contributed by atoms with Gasteiger partial charge in [0.15, 0.2) is 0 Å². The lowest BCUT2D eigenvalue weighted by molar-refractivity contribution is -0.119. The quantitative estimate of drug-likeness (QED) is 0.841. The van der Waals surface area contributed by atoms with E-state index in [1.54, 1.807) is 12.4 Å². The Kier molecular flexibility index (Phi) is 3.69. The van der Waals surface area contributed by atoms with Crippen LogP contribution in [0.4, 0.5) is 0 Å². The number of hydrogen-bond acceptors (Lipinski definition) is 3. The molecule has 0 aliphatic rings. The van der Waals surface area contributed by atoms with Crippen molar-refractivity contribution in [1.29, 1.82) is 0 Å². The van der Waals surface area contributed by atoms with Crippen LogP contribution in [0.3, 0.4) is 0 Å². The average Bonchev–Trinajstić information content (AvgIpc) is 2.40. The molecule has 0 aliphatic heterocycles. The topological polar surface area (TPSA) is 82.0 Å². The van der Waals surface area contributed by atoms with Crippen LogP contribution in [0.25, 0.3) is 11.1 Å². The fourth-order valence-electron chi connectivity index (χ4n) is 1.73. The maximum absolute atomic E-state index is 10.9. The van der Waals surface area contributed by atoms with Gasteiger partial charge in [-0.25, -0.2) is 0 Å². The number of aromatic nitrogens is 1. The summed E-state index contributed by atoms with van der Waals surface area (Å²) in [6.45, 7) is 0. The number of hydrogen-bond donors (Lipinski definition) is 2. The van der Waals surface area contributed by atoms with Gasteiger partial charge < -0.3 is 11.5 Å². The number of pyridine rings is 1. The van der Waals surface area contributed by atoms with Gasteiger partial charge in [0, 0.05) is 12.4 Å². The molecule has 0 saturated heterocycles. The lowest BCUT2D eigenvalue weighted by Gasteiger charge is -2.08. The number of amides is 1. The highest BCUT2D eigenvalue weighted by Gasteiger charge is 2.09. The highest BCUT2D eigenvalue weighted by molar-refractivity contribution is 5.79. The Balaban J connectivity index is 2.13. The van der Waals surface area contributed by atoms with E-state index in [0.717, 1.165) is 16.7 Å². The number of nitrogens with zero attached hydrogens (tertiary/aromatic N) is 1. The van der Waals surface area contributed by atoms with Crippen molar-refractivity contribution in [2.24, 2.45) is 11.5 Å². The molecular formula is C14H15N3O. The number of carbonyl (C=O) groups is 1. The van der Waals surface area contributed by atoms with Crippen LogP contribution in [-0.4, -0.2) is 16.9 Å². The SMILES string of the molecule is NC(=O)C(N)Cc1ccc(-c2ccncc2)cc1. The zero-order valence-electron chi connectivity index (χ0n) is 9.91. The first-order valence-electron chi connectivity index (χ1n) is 5.71. The molecule has 1 atom stereocenters. The number of carbonyl (C=O) groups excluding carboxylic acids is 1. The molecule has 1 aromatic heterocycles. The van der Waals surface area contributed by atoms with E-state index < -0.39 is 11.9 Å². The van der Waals surface area contributed by atoms with E-state index in [1.807, 2.05) is 36.4 Å². The van der Waals surface area contributed by atoms with Gasteiger partial charge in [0.2, 0.25) is 5.91 Å². The molecule has 1 amide bonds. The van der Waals surface area contributed by atoms with E-state index in [1.165, 1.54) is 0 Å². The zero-order valence-corrected chi connectivity index (χ0v) is 9.91. The van der Waals surface area contributed by atoms with Gasteiger partial charge in [0.05, 0.1) is 6.04 Å². The Labute approximate surface area is 106 Å². The van der Waals surface area contributed by atoms with E-state index in [-0.39, 0.29) is 0 Å². The predicted molar refractivity (Wildman–Crippen MR) is 70.5 cm³/mol. The number of rotatable bonds is 4. The monoisotopic (exact) mass is 241 g/mol. The molecule has 4 heteroatoms. The Morgan fingerprint density at radius 3 is 2.17 bits per heavy atom. The van der Waals surface area contributed by atoms with Gasteiger partial charge >= 0.3 is 0 Å². The summed E-state index contributed by atoms with van der Waals surface area (Å²) in [7, 11) is 0. The Morgan fingerprint density at radius 1 is 1.06 bits per heavy atom. The molecule has 0 spiro atoms. The van der Waals surface area contributed by atoms with Crippen molar-refractivity contribution in [3.63, 3.8) is 0 Å². The highest BCUT2D eigenvalue weighted by Crippen LogP contribution is 2.18. The van der Waals surface area contributed by atoms with Crippen LogP contribution in [0.15, 0.2) is 48.8 Å². The lowest BCUT2D eigenvalue weighted by Crippen LogP contribution is -2.38. The third-order valence-electron chi connectivity index (χ3n) is 2.79. The van der Waals surface area contributed by atoms with Crippen molar-refractivity contribution < 1.29 is 4.79 Å². The third-order valence-corrected chi connectivity index (χ3v) is 2.79. The van der Waals surface area contributed by atoms with E-state index in [2.05, 4.69) is 4.98 Å². The third kappa shape index (κ3) is 2.93. The maximum Gasteiger partial charge on any atom is 0.234 e. The summed E-state index contributed by atoms with van der Waals surface area (Å²) in [6.07, 6.45) is 3.98.